The molecule has 0 aromatic heterocycles. The van der Waals surface area contributed by atoms with Crippen molar-refractivity contribution in [3.8, 4) is 5.75 Å². The maximum atomic E-state index is 11.9. The minimum absolute atomic E-state index is 0.0367. The fraction of sp³-hybridized carbons (Fsp3) is 0.350. The van der Waals surface area contributed by atoms with Crippen LogP contribution in [-0.4, -0.2) is 32.7 Å². The van der Waals surface area contributed by atoms with E-state index in [4.69, 9.17) is 4.74 Å². The molecule has 5 heteroatoms. The second-order valence-corrected chi connectivity index (χ2v) is 6.91. The van der Waals surface area contributed by atoms with Crippen molar-refractivity contribution in [3.05, 3.63) is 58.1 Å². The van der Waals surface area contributed by atoms with Gasteiger partial charge in [0.25, 0.3) is 5.91 Å². The number of ether oxygens (including phenoxy) is 1. The van der Waals surface area contributed by atoms with Crippen LogP contribution in [-0.2, 0) is 4.79 Å². The molecule has 1 N–H and O–H groups in total. The number of hydrogen-bond donors (Lipinski definition) is 1. The van der Waals surface area contributed by atoms with Crippen molar-refractivity contribution in [3.63, 3.8) is 0 Å². The number of para-hydroxylation sites is 1. The molecule has 0 aliphatic heterocycles. The van der Waals surface area contributed by atoms with E-state index in [9.17, 15) is 4.79 Å². The van der Waals surface area contributed by atoms with Crippen LogP contribution >= 0.6 is 15.9 Å². The van der Waals surface area contributed by atoms with Gasteiger partial charge in [-0.25, -0.2) is 0 Å². The first-order chi connectivity index (χ1) is 12.0. The van der Waals surface area contributed by atoms with E-state index in [0.29, 0.717) is 6.54 Å². The Morgan fingerprint density at radius 2 is 1.80 bits per heavy atom. The quantitative estimate of drug-likeness (QED) is 0.673. The third kappa shape index (κ3) is 6.09. The highest BCUT2D eigenvalue weighted by atomic mass is 79.9. The van der Waals surface area contributed by atoms with Gasteiger partial charge in [0.15, 0.2) is 6.61 Å². The number of rotatable bonds is 8. The smallest absolute Gasteiger partial charge is 0.257 e. The van der Waals surface area contributed by atoms with Gasteiger partial charge < -0.3 is 15.0 Å². The van der Waals surface area contributed by atoms with Gasteiger partial charge in [0.2, 0.25) is 0 Å². The topological polar surface area (TPSA) is 41.6 Å². The van der Waals surface area contributed by atoms with E-state index in [1.54, 1.807) is 0 Å². The number of carbonyl (C=O) groups excluding carboxylic acids is 1. The first-order valence-electron chi connectivity index (χ1n) is 8.40. The van der Waals surface area contributed by atoms with E-state index in [0.717, 1.165) is 34.3 Å². The summed E-state index contributed by atoms with van der Waals surface area (Å²) in [5.41, 5.74) is 3.37. The average Bonchev–Trinajstić information content (AvgIpc) is 2.62. The van der Waals surface area contributed by atoms with Crippen LogP contribution in [0.3, 0.4) is 0 Å². The summed E-state index contributed by atoms with van der Waals surface area (Å²) in [6, 6.07) is 14.1. The lowest BCUT2D eigenvalue weighted by atomic mass is 10.1. The first kappa shape index (κ1) is 19.3. The average molecular weight is 405 g/mol. The van der Waals surface area contributed by atoms with Crippen LogP contribution in [0.25, 0.3) is 0 Å². The predicted octanol–water partition coefficient (Wildman–Crippen LogP) is 4.09. The highest BCUT2D eigenvalue weighted by Crippen LogP contribution is 2.26. The molecule has 0 saturated carbocycles. The monoisotopic (exact) mass is 404 g/mol. The van der Waals surface area contributed by atoms with Crippen molar-refractivity contribution in [1.29, 1.82) is 0 Å². The van der Waals surface area contributed by atoms with Crippen LogP contribution in [0.2, 0.25) is 0 Å². The molecule has 0 radical (unpaired) electrons. The second kappa shape index (κ2) is 9.47. The van der Waals surface area contributed by atoms with E-state index in [1.165, 1.54) is 5.69 Å². The zero-order valence-corrected chi connectivity index (χ0v) is 16.6. The molecule has 0 aliphatic carbocycles. The zero-order valence-electron chi connectivity index (χ0n) is 15.0. The molecule has 0 unspecified atom stereocenters. The molecule has 0 saturated heterocycles. The first-order valence-corrected chi connectivity index (χ1v) is 9.19. The van der Waals surface area contributed by atoms with Crippen molar-refractivity contribution in [2.45, 2.75) is 20.3 Å². The second-order valence-electron chi connectivity index (χ2n) is 6.12. The van der Waals surface area contributed by atoms with Gasteiger partial charge in [0.05, 0.1) is 0 Å². The lowest BCUT2D eigenvalue weighted by molar-refractivity contribution is -0.123. The maximum absolute atomic E-state index is 11.9. The van der Waals surface area contributed by atoms with Crippen molar-refractivity contribution < 1.29 is 9.53 Å². The molecular formula is C20H25BrN2O2. The third-order valence-corrected chi connectivity index (χ3v) is 5.22. The number of nitrogens with one attached hydrogen (secondary N) is 1. The van der Waals surface area contributed by atoms with Gasteiger partial charge in [0, 0.05) is 30.3 Å². The number of carbonyl (C=O) groups is 1. The minimum Gasteiger partial charge on any atom is -0.484 e. The molecule has 2 rings (SSSR count). The molecule has 4 nitrogen and oxygen atoms in total. The molecule has 0 atom stereocenters. The summed E-state index contributed by atoms with van der Waals surface area (Å²) in [4.78, 5) is 14.1. The highest BCUT2D eigenvalue weighted by molar-refractivity contribution is 9.10. The third-order valence-electron chi connectivity index (χ3n) is 3.97. The molecule has 0 bridgehead atoms. The largest absolute Gasteiger partial charge is 0.484 e. The van der Waals surface area contributed by atoms with E-state index < -0.39 is 0 Å². The van der Waals surface area contributed by atoms with Crippen molar-refractivity contribution in [1.82, 2.24) is 5.32 Å². The van der Waals surface area contributed by atoms with E-state index in [-0.39, 0.29) is 12.5 Å². The number of benzene rings is 2. The SMILES string of the molecule is Cc1cc(OCC(=O)NCCCN(C)c2ccccc2)cc(C)c1Br. The van der Waals surface area contributed by atoms with E-state index in [2.05, 4.69) is 45.3 Å². The molecular weight excluding hydrogens is 380 g/mol. The summed E-state index contributed by atoms with van der Waals surface area (Å²) < 4.78 is 6.66. The number of hydrogen-bond acceptors (Lipinski definition) is 3. The normalized spacial score (nSPS) is 10.4. The Labute approximate surface area is 158 Å². The zero-order chi connectivity index (χ0) is 18.2. The summed E-state index contributed by atoms with van der Waals surface area (Å²) in [7, 11) is 2.05. The molecule has 1 amide bonds. The predicted molar refractivity (Wildman–Crippen MR) is 106 cm³/mol. The fourth-order valence-electron chi connectivity index (χ4n) is 2.55. The van der Waals surface area contributed by atoms with Crippen LogP contribution in [0.1, 0.15) is 17.5 Å². The van der Waals surface area contributed by atoms with Gasteiger partial charge >= 0.3 is 0 Å². The summed E-state index contributed by atoms with van der Waals surface area (Å²) >= 11 is 3.53. The molecule has 0 spiro atoms. The van der Waals surface area contributed by atoms with Gasteiger partial charge in [0.1, 0.15) is 5.75 Å². The van der Waals surface area contributed by atoms with E-state index >= 15 is 0 Å². The molecule has 0 aliphatic rings. The van der Waals surface area contributed by atoms with Crippen LogP contribution < -0.4 is 15.0 Å². The summed E-state index contributed by atoms with van der Waals surface area (Å²) in [6.07, 6.45) is 0.883. The fourth-order valence-corrected chi connectivity index (χ4v) is 2.77. The summed E-state index contributed by atoms with van der Waals surface area (Å²) in [5.74, 6) is 0.623. The van der Waals surface area contributed by atoms with Gasteiger partial charge in [-0.1, -0.05) is 34.1 Å². The van der Waals surface area contributed by atoms with Gasteiger partial charge in [-0.2, -0.15) is 0 Å². The standard InChI is InChI=1S/C20H25BrN2O2/c1-15-12-18(13-16(2)20(15)21)25-14-19(24)22-10-7-11-23(3)17-8-5-4-6-9-17/h4-6,8-9,12-13H,7,10-11,14H2,1-3H3,(H,22,24). The summed E-state index contributed by atoms with van der Waals surface area (Å²) in [5, 5.41) is 2.90. The summed E-state index contributed by atoms with van der Waals surface area (Å²) in [6.45, 7) is 5.57. The minimum atomic E-state index is -0.0967. The van der Waals surface area contributed by atoms with Crippen LogP contribution in [0.5, 0.6) is 5.75 Å². The molecule has 134 valence electrons. The Morgan fingerprint density at radius 1 is 1.16 bits per heavy atom. The molecule has 2 aromatic rings. The lowest BCUT2D eigenvalue weighted by Crippen LogP contribution is -2.31. The molecule has 2 aromatic carbocycles. The Bertz CT molecular complexity index is 681. The Hall–Kier alpha value is -2.01. The molecule has 25 heavy (non-hydrogen) atoms. The number of nitrogens with zero attached hydrogens (tertiary/aromatic N) is 1. The molecule has 0 fully saturated rings. The maximum Gasteiger partial charge on any atom is 0.257 e. The number of amides is 1. The van der Waals surface area contributed by atoms with Crippen molar-refractivity contribution >= 4 is 27.5 Å². The number of halogens is 1. The van der Waals surface area contributed by atoms with Crippen LogP contribution in [0.4, 0.5) is 5.69 Å². The molecule has 0 heterocycles. The van der Waals surface area contributed by atoms with Crippen LogP contribution in [0, 0.1) is 13.8 Å². The Morgan fingerprint density at radius 3 is 2.44 bits per heavy atom. The Kier molecular flexibility index (Phi) is 7.31. The van der Waals surface area contributed by atoms with Crippen LogP contribution in [0.15, 0.2) is 46.9 Å². The van der Waals surface area contributed by atoms with Gasteiger partial charge in [-0.05, 0) is 55.7 Å². The lowest BCUT2D eigenvalue weighted by Gasteiger charge is -2.19. The Balaban J connectivity index is 1.67. The number of anilines is 1. The van der Waals surface area contributed by atoms with E-state index in [1.807, 2.05) is 44.2 Å². The van der Waals surface area contributed by atoms with Gasteiger partial charge in [-0.3, -0.25) is 4.79 Å². The number of aryl methyl sites for hydroxylation is 2. The van der Waals surface area contributed by atoms with Crippen molar-refractivity contribution in [2.24, 2.45) is 0 Å². The van der Waals surface area contributed by atoms with Crippen molar-refractivity contribution in [2.75, 3.05) is 31.6 Å². The highest BCUT2D eigenvalue weighted by Gasteiger charge is 2.06. The van der Waals surface area contributed by atoms with Gasteiger partial charge in [-0.15, -0.1) is 0 Å².